The lowest BCUT2D eigenvalue weighted by atomic mass is 10.1. The van der Waals surface area contributed by atoms with E-state index in [0.29, 0.717) is 10.9 Å². The second-order valence-electron chi connectivity index (χ2n) is 6.68. The number of ether oxygens (including phenoxy) is 1. The highest BCUT2D eigenvalue weighted by Gasteiger charge is 2.20. The van der Waals surface area contributed by atoms with Gasteiger partial charge in [-0.3, -0.25) is 9.59 Å². The molecule has 0 radical (unpaired) electrons. The highest BCUT2D eigenvalue weighted by molar-refractivity contribution is 6.36. The number of nitrogens with zero attached hydrogens (tertiary/aromatic N) is 2. The molecule has 3 rings (SSSR count). The Hall–Kier alpha value is -2.90. The zero-order valence-corrected chi connectivity index (χ0v) is 18.0. The fourth-order valence-electron chi connectivity index (χ4n) is 2.60. The van der Waals surface area contributed by atoms with Crippen molar-refractivity contribution in [1.82, 2.24) is 15.5 Å². The number of carbonyl (C=O) groups is 2. The number of rotatable bonds is 6. The van der Waals surface area contributed by atoms with Gasteiger partial charge >= 0.3 is 5.97 Å². The van der Waals surface area contributed by atoms with Crippen LogP contribution in [0.3, 0.4) is 0 Å². The highest BCUT2D eigenvalue weighted by atomic mass is 35.5. The average molecular weight is 448 g/mol. The lowest BCUT2D eigenvalue weighted by Gasteiger charge is -2.10. The van der Waals surface area contributed by atoms with Gasteiger partial charge < -0.3 is 14.5 Å². The van der Waals surface area contributed by atoms with Crippen LogP contribution in [0.25, 0.3) is 11.5 Å². The minimum absolute atomic E-state index is 0.156. The van der Waals surface area contributed by atoms with E-state index >= 15 is 0 Å². The van der Waals surface area contributed by atoms with Gasteiger partial charge in [-0.1, -0.05) is 29.3 Å². The van der Waals surface area contributed by atoms with E-state index in [1.807, 2.05) is 32.0 Å². The van der Waals surface area contributed by atoms with Crippen molar-refractivity contribution >= 4 is 35.1 Å². The van der Waals surface area contributed by atoms with Gasteiger partial charge in [0.05, 0.1) is 10.6 Å². The number of nitrogens with one attached hydrogen (secondary N) is 1. The predicted molar refractivity (Wildman–Crippen MR) is 113 cm³/mol. The van der Waals surface area contributed by atoms with E-state index in [4.69, 9.17) is 32.4 Å². The molecule has 0 saturated heterocycles. The first-order valence-corrected chi connectivity index (χ1v) is 9.84. The van der Waals surface area contributed by atoms with E-state index in [0.717, 1.165) is 16.7 Å². The number of amides is 1. The van der Waals surface area contributed by atoms with Crippen molar-refractivity contribution in [2.45, 2.75) is 26.9 Å². The van der Waals surface area contributed by atoms with Gasteiger partial charge in [0.1, 0.15) is 6.54 Å². The summed E-state index contributed by atoms with van der Waals surface area (Å²) in [6.45, 7) is 5.26. The van der Waals surface area contributed by atoms with Gasteiger partial charge in [-0.2, -0.15) is 0 Å². The summed E-state index contributed by atoms with van der Waals surface area (Å²) in [5.74, 6) is -0.687. The molecule has 2 aromatic carbocycles. The zero-order valence-electron chi connectivity index (χ0n) is 16.5. The first-order valence-electron chi connectivity index (χ1n) is 9.08. The molecule has 0 fully saturated rings. The van der Waals surface area contributed by atoms with Gasteiger partial charge in [-0.15, -0.1) is 10.2 Å². The maximum Gasteiger partial charge on any atom is 0.326 e. The van der Waals surface area contributed by atoms with E-state index in [2.05, 4.69) is 15.5 Å². The van der Waals surface area contributed by atoms with Crippen LogP contribution in [0.4, 0.5) is 0 Å². The minimum atomic E-state index is -0.777. The van der Waals surface area contributed by atoms with Crippen LogP contribution >= 0.6 is 23.2 Å². The number of hydrogen-bond acceptors (Lipinski definition) is 6. The SMILES string of the molecule is Cc1ccc(-c2nnc(C(C)OC(=O)CNC(=O)c3ccc(Cl)cc3Cl)o2)cc1C. The molecule has 1 heterocycles. The van der Waals surface area contributed by atoms with E-state index in [1.165, 1.54) is 18.2 Å². The summed E-state index contributed by atoms with van der Waals surface area (Å²) in [6, 6.07) is 10.2. The molecule has 1 amide bonds. The molecule has 0 bridgehead atoms. The number of benzene rings is 2. The Balaban J connectivity index is 1.57. The second-order valence-corrected chi connectivity index (χ2v) is 7.53. The van der Waals surface area contributed by atoms with Crippen molar-refractivity contribution in [2.24, 2.45) is 0 Å². The van der Waals surface area contributed by atoms with Crippen LogP contribution in [0, 0.1) is 13.8 Å². The Morgan fingerprint density at radius 2 is 1.87 bits per heavy atom. The van der Waals surface area contributed by atoms with Crippen LogP contribution in [0.1, 0.15) is 40.4 Å². The molecule has 9 heteroatoms. The Morgan fingerprint density at radius 3 is 2.57 bits per heavy atom. The number of carbonyl (C=O) groups excluding carboxylic acids is 2. The minimum Gasteiger partial charge on any atom is -0.451 e. The van der Waals surface area contributed by atoms with Gasteiger partial charge in [0.2, 0.25) is 5.89 Å². The highest BCUT2D eigenvalue weighted by Crippen LogP contribution is 2.24. The molecule has 30 heavy (non-hydrogen) atoms. The monoisotopic (exact) mass is 447 g/mol. The first-order chi connectivity index (χ1) is 14.2. The maximum atomic E-state index is 12.2. The Labute approximate surface area is 183 Å². The number of aryl methyl sites for hydroxylation is 2. The van der Waals surface area contributed by atoms with Gasteiger partial charge in [-0.25, -0.2) is 0 Å². The molecule has 1 unspecified atom stereocenters. The molecular formula is C21H19Cl2N3O4. The van der Waals surface area contributed by atoms with E-state index in [-0.39, 0.29) is 23.0 Å². The molecule has 0 aliphatic carbocycles. The summed E-state index contributed by atoms with van der Waals surface area (Å²) < 4.78 is 10.9. The molecule has 0 spiro atoms. The van der Waals surface area contributed by atoms with E-state index in [9.17, 15) is 9.59 Å². The number of halogens is 2. The standard InChI is InChI=1S/C21H19Cl2N3O4/c1-11-4-5-14(8-12(11)2)21-26-25-20(30-21)13(3)29-18(27)10-24-19(28)16-7-6-15(22)9-17(16)23/h4-9,13H,10H2,1-3H3,(H,24,28). The van der Waals surface area contributed by atoms with Gasteiger partial charge in [-0.05, 0) is 62.2 Å². The molecule has 1 aromatic heterocycles. The van der Waals surface area contributed by atoms with E-state index in [1.54, 1.807) is 6.92 Å². The molecule has 1 atom stereocenters. The molecule has 156 valence electrons. The summed E-state index contributed by atoms with van der Waals surface area (Å²) in [5, 5.41) is 11.0. The Kier molecular flexibility index (Phi) is 6.74. The predicted octanol–water partition coefficient (Wildman–Crippen LogP) is 4.69. The molecule has 1 N–H and O–H groups in total. The van der Waals surface area contributed by atoms with Crippen LogP contribution < -0.4 is 5.32 Å². The average Bonchev–Trinajstić information content (AvgIpc) is 3.18. The van der Waals surface area contributed by atoms with Crippen molar-refractivity contribution in [3.63, 3.8) is 0 Å². The summed E-state index contributed by atoms with van der Waals surface area (Å²) in [7, 11) is 0. The number of hydrogen-bond donors (Lipinski definition) is 1. The second kappa shape index (κ2) is 9.28. The first kappa shape index (κ1) is 21.8. The summed E-state index contributed by atoms with van der Waals surface area (Å²) >= 11 is 11.8. The lowest BCUT2D eigenvalue weighted by Crippen LogP contribution is -2.31. The smallest absolute Gasteiger partial charge is 0.326 e. The third-order valence-corrected chi connectivity index (χ3v) is 4.97. The van der Waals surface area contributed by atoms with Crippen molar-refractivity contribution in [3.8, 4) is 11.5 Å². The van der Waals surface area contributed by atoms with Crippen molar-refractivity contribution < 1.29 is 18.7 Å². The third kappa shape index (κ3) is 5.17. The van der Waals surface area contributed by atoms with Crippen LogP contribution in [0.5, 0.6) is 0 Å². The van der Waals surface area contributed by atoms with Crippen LogP contribution in [-0.4, -0.2) is 28.6 Å². The summed E-state index contributed by atoms with van der Waals surface area (Å²) in [4.78, 5) is 24.2. The number of esters is 1. The molecule has 7 nitrogen and oxygen atoms in total. The zero-order chi connectivity index (χ0) is 21.8. The Bertz CT molecular complexity index is 1100. The number of aromatic nitrogens is 2. The summed E-state index contributed by atoms with van der Waals surface area (Å²) in [5.41, 5.74) is 3.24. The van der Waals surface area contributed by atoms with Gasteiger partial charge in [0.15, 0.2) is 6.10 Å². The summed E-state index contributed by atoms with van der Waals surface area (Å²) in [6.07, 6.45) is -0.777. The molecule has 0 aliphatic rings. The largest absolute Gasteiger partial charge is 0.451 e. The van der Waals surface area contributed by atoms with Crippen molar-refractivity contribution in [1.29, 1.82) is 0 Å². The quantitative estimate of drug-likeness (QED) is 0.550. The van der Waals surface area contributed by atoms with Crippen LogP contribution in [-0.2, 0) is 9.53 Å². The third-order valence-electron chi connectivity index (χ3n) is 4.42. The van der Waals surface area contributed by atoms with E-state index < -0.39 is 18.0 Å². The van der Waals surface area contributed by atoms with Gasteiger partial charge in [0.25, 0.3) is 11.8 Å². The fraction of sp³-hybridized carbons (Fsp3) is 0.238. The maximum absolute atomic E-state index is 12.2. The van der Waals surface area contributed by atoms with Crippen molar-refractivity contribution in [2.75, 3.05) is 6.54 Å². The molecule has 3 aromatic rings. The topological polar surface area (TPSA) is 94.3 Å². The Morgan fingerprint density at radius 1 is 1.10 bits per heavy atom. The molecule has 0 aliphatic heterocycles. The van der Waals surface area contributed by atoms with Gasteiger partial charge in [0, 0.05) is 10.6 Å². The fourth-order valence-corrected chi connectivity index (χ4v) is 3.09. The lowest BCUT2D eigenvalue weighted by molar-refractivity contribution is -0.148. The molecular weight excluding hydrogens is 429 g/mol. The van der Waals surface area contributed by atoms with Crippen LogP contribution in [0.15, 0.2) is 40.8 Å². The van der Waals surface area contributed by atoms with Crippen LogP contribution in [0.2, 0.25) is 10.0 Å². The van der Waals surface area contributed by atoms with Crippen molar-refractivity contribution in [3.05, 3.63) is 69.0 Å². The normalized spacial score (nSPS) is 11.8. The molecule has 0 saturated carbocycles.